The zero-order valence-electron chi connectivity index (χ0n) is 21.0. The Balaban J connectivity index is -0.000000464. The Morgan fingerprint density at radius 2 is 1.24 bits per heavy atom. The zero-order valence-corrected chi connectivity index (χ0v) is 24.7. The first-order valence-electron chi connectivity index (χ1n) is 11.3. The fourth-order valence-electron chi connectivity index (χ4n) is 3.78. The van der Waals surface area contributed by atoms with E-state index in [2.05, 4.69) is 86.6 Å². The van der Waals surface area contributed by atoms with Crippen LogP contribution in [0.25, 0.3) is 21.5 Å². The summed E-state index contributed by atoms with van der Waals surface area (Å²) in [5, 5.41) is 9.47. The van der Waals surface area contributed by atoms with Gasteiger partial charge in [0.1, 0.15) is 5.75 Å². The van der Waals surface area contributed by atoms with Gasteiger partial charge >= 0.3 is 0 Å². The Labute approximate surface area is 257 Å². The zero-order chi connectivity index (χ0) is 22.8. The van der Waals surface area contributed by atoms with E-state index in [0.717, 1.165) is 18.8 Å². The van der Waals surface area contributed by atoms with Crippen molar-refractivity contribution < 1.29 is 37.4 Å². The monoisotopic (exact) mass is 592 g/mol. The molecule has 3 heteroatoms. The average Bonchev–Trinajstić information content (AvgIpc) is 3.56. The molecule has 0 atom stereocenters. The molecule has 1 nitrogen and oxygen atoms in total. The minimum atomic E-state index is 0. The van der Waals surface area contributed by atoms with Crippen LogP contribution in [0.15, 0.2) is 95.7 Å². The number of aryl methyl sites for hydroxylation is 2. The predicted octanol–water partition coefficient (Wildman–Crippen LogP) is 11.4. The Morgan fingerprint density at radius 3 is 1.84 bits per heavy atom. The Hall–Kier alpha value is -2.00. The van der Waals surface area contributed by atoms with E-state index in [4.69, 9.17) is 4.74 Å². The maximum absolute atomic E-state index is 5.35. The molecule has 0 amide bonds. The number of ether oxygens (including phenoxy) is 1. The Bertz CT molecular complexity index is 1230. The normalized spacial score (nSPS) is 9.62. The van der Waals surface area contributed by atoms with Crippen molar-refractivity contribution in [1.29, 1.82) is 0 Å². The second-order valence-electron chi connectivity index (χ2n) is 7.46. The summed E-state index contributed by atoms with van der Waals surface area (Å²) in [5.41, 5.74) is 4.04. The molecule has 5 aromatic rings. The van der Waals surface area contributed by atoms with Crippen molar-refractivity contribution in [3.05, 3.63) is 120 Å². The SMILES string of the molecule is C.C.C.CC.Cc1cc2ccccc2c2ccccc12.Cc1ccc2c(c1)CCO2.[CH3-].[Y].c1ccsc1. The van der Waals surface area contributed by atoms with Crippen LogP contribution < -0.4 is 4.74 Å². The second-order valence-corrected chi connectivity index (χ2v) is 8.28. The van der Waals surface area contributed by atoms with Gasteiger partial charge < -0.3 is 12.2 Å². The molecule has 1 aromatic heterocycles. The number of thiophene rings is 1. The average molecular weight is 593 g/mol. The van der Waals surface area contributed by atoms with Gasteiger partial charge in [-0.25, -0.2) is 0 Å². The van der Waals surface area contributed by atoms with Crippen molar-refractivity contribution in [2.75, 3.05) is 6.61 Å². The molecule has 1 aliphatic heterocycles. The summed E-state index contributed by atoms with van der Waals surface area (Å²) >= 11 is 1.71. The molecule has 1 radical (unpaired) electrons. The number of fused-ring (bicyclic) bond motifs is 4. The molecule has 0 spiro atoms. The molecular formula is C34H47OSY-. The van der Waals surface area contributed by atoms with E-state index in [1.54, 1.807) is 11.3 Å². The second kappa shape index (κ2) is 21.0. The van der Waals surface area contributed by atoms with Crippen LogP contribution in [-0.4, -0.2) is 6.61 Å². The molecule has 0 N–H and O–H groups in total. The Morgan fingerprint density at radius 1 is 0.676 bits per heavy atom. The molecule has 0 saturated carbocycles. The van der Waals surface area contributed by atoms with Gasteiger partial charge in [0, 0.05) is 39.1 Å². The summed E-state index contributed by atoms with van der Waals surface area (Å²) in [5.74, 6) is 1.07. The van der Waals surface area contributed by atoms with Gasteiger partial charge in [0.05, 0.1) is 6.61 Å². The molecule has 4 aromatic carbocycles. The summed E-state index contributed by atoms with van der Waals surface area (Å²) < 4.78 is 5.35. The first kappa shape index (κ1) is 39.5. The van der Waals surface area contributed by atoms with Gasteiger partial charge in [-0.2, -0.15) is 11.3 Å². The van der Waals surface area contributed by atoms with Crippen molar-refractivity contribution in [3.63, 3.8) is 0 Å². The fourth-order valence-corrected chi connectivity index (χ4v) is 4.24. The van der Waals surface area contributed by atoms with Crippen LogP contribution in [-0.2, 0) is 39.1 Å². The smallest absolute Gasteiger partial charge is 0.122 e. The fraction of sp³-hybridized carbons (Fsp3) is 0.265. The third kappa shape index (κ3) is 11.1. The number of hydrogen-bond acceptors (Lipinski definition) is 2. The van der Waals surface area contributed by atoms with Crippen LogP contribution in [0.1, 0.15) is 52.8 Å². The topological polar surface area (TPSA) is 9.23 Å². The minimum Gasteiger partial charge on any atom is -0.493 e. The van der Waals surface area contributed by atoms with Crippen molar-refractivity contribution >= 4 is 32.9 Å². The molecular weight excluding hydrogens is 545 g/mol. The Kier molecular flexibility index (Phi) is 22.4. The van der Waals surface area contributed by atoms with Gasteiger partial charge in [0.2, 0.25) is 0 Å². The van der Waals surface area contributed by atoms with Crippen LogP contribution in [0.5, 0.6) is 5.75 Å². The third-order valence-corrected chi connectivity index (χ3v) is 5.87. The van der Waals surface area contributed by atoms with Crippen molar-refractivity contribution in [2.24, 2.45) is 0 Å². The predicted molar refractivity (Wildman–Crippen MR) is 169 cm³/mol. The van der Waals surface area contributed by atoms with Crippen LogP contribution in [0, 0.1) is 21.3 Å². The summed E-state index contributed by atoms with van der Waals surface area (Å²) in [6, 6.07) is 29.8. The summed E-state index contributed by atoms with van der Waals surface area (Å²) in [4.78, 5) is 0. The largest absolute Gasteiger partial charge is 0.493 e. The maximum atomic E-state index is 5.35. The molecule has 199 valence electrons. The standard InChI is InChI=1S/C15H12.C9H10O.C4H4S.C2H6.3CH4.CH3.Y/c1-11-10-12-6-2-3-8-14(12)15-9-5-4-7-13(11)15;1-7-2-3-9-8(6-7)4-5-10-9;1-2-4-5-3-1;1-2;;;;;/h2-10H,1H3;2-3,6H,4-5H2,1H3;1-4H;1-2H3;3*1H4;1H3;/q;;;;;;;-1;. The van der Waals surface area contributed by atoms with E-state index in [1.165, 1.54) is 38.2 Å². The van der Waals surface area contributed by atoms with Crippen LogP contribution in [0.3, 0.4) is 0 Å². The number of hydrogen-bond donors (Lipinski definition) is 0. The summed E-state index contributed by atoms with van der Waals surface area (Å²) in [6.45, 7) is 9.14. The molecule has 0 aliphatic carbocycles. The quantitative estimate of drug-likeness (QED) is 0.128. The molecule has 37 heavy (non-hydrogen) atoms. The van der Waals surface area contributed by atoms with Gasteiger partial charge in [-0.05, 0) is 63.3 Å². The first-order chi connectivity index (χ1) is 15.7. The van der Waals surface area contributed by atoms with Gasteiger partial charge in [-0.15, -0.1) is 0 Å². The van der Waals surface area contributed by atoms with Crippen LogP contribution in [0.4, 0.5) is 0 Å². The maximum Gasteiger partial charge on any atom is 0.122 e. The minimum absolute atomic E-state index is 0. The third-order valence-electron chi connectivity index (χ3n) is 5.25. The molecule has 0 saturated heterocycles. The molecule has 6 rings (SSSR count). The molecule has 0 bridgehead atoms. The van der Waals surface area contributed by atoms with E-state index < -0.39 is 0 Å². The number of rotatable bonds is 0. The van der Waals surface area contributed by atoms with E-state index >= 15 is 0 Å². The first-order valence-corrected chi connectivity index (χ1v) is 12.2. The van der Waals surface area contributed by atoms with E-state index in [0.29, 0.717) is 0 Å². The van der Waals surface area contributed by atoms with Crippen LogP contribution >= 0.6 is 11.3 Å². The van der Waals surface area contributed by atoms with Gasteiger partial charge in [-0.3, -0.25) is 0 Å². The van der Waals surface area contributed by atoms with E-state index in [-0.39, 0.29) is 62.4 Å². The van der Waals surface area contributed by atoms with Gasteiger partial charge in [0.25, 0.3) is 0 Å². The van der Waals surface area contributed by atoms with Crippen molar-refractivity contribution in [3.8, 4) is 5.75 Å². The van der Waals surface area contributed by atoms with Crippen molar-refractivity contribution in [1.82, 2.24) is 0 Å². The number of benzene rings is 4. The summed E-state index contributed by atoms with van der Waals surface area (Å²) in [6.07, 6.45) is 1.08. The van der Waals surface area contributed by atoms with E-state index in [9.17, 15) is 0 Å². The molecule has 0 unspecified atom stereocenters. The van der Waals surface area contributed by atoms with Crippen molar-refractivity contribution in [2.45, 2.75) is 56.4 Å². The molecule has 0 fully saturated rings. The van der Waals surface area contributed by atoms with Crippen LogP contribution in [0.2, 0.25) is 0 Å². The molecule has 1 aliphatic rings. The van der Waals surface area contributed by atoms with E-state index in [1.807, 2.05) is 36.7 Å². The molecule has 2 heterocycles. The van der Waals surface area contributed by atoms with Gasteiger partial charge in [0.15, 0.2) is 0 Å². The summed E-state index contributed by atoms with van der Waals surface area (Å²) in [7, 11) is 0. The van der Waals surface area contributed by atoms with Gasteiger partial charge in [-0.1, -0.05) is 121 Å².